The van der Waals surface area contributed by atoms with E-state index in [4.69, 9.17) is 10.5 Å². The molecule has 0 bridgehead atoms. The lowest BCUT2D eigenvalue weighted by Gasteiger charge is -2.27. The van der Waals surface area contributed by atoms with Crippen LogP contribution in [0.25, 0.3) is 0 Å². The van der Waals surface area contributed by atoms with Crippen LogP contribution in [0, 0.1) is 0 Å². The van der Waals surface area contributed by atoms with E-state index in [2.05, 4.69) is 0 Å². The van der Waals surface area contributed by atoms with E-state index in [-0.39, 0.29) is 5.91 Å². The highest BCUT2D eigenvalue weighted by Gasteiger charge is 2.25. The van der Waals surface area contributed by atoms with Gasteiger partial charge in [0.15, 0.2) is 0 Å². The number of nitrogens with two attached hydrogens (primary N) is 1. The van der Waals surface area contributed by atoms with E-state index in [0.717, 1.165) is 0 Å². The van der Waals surface area contributed by atoms with Crippen molar-refractivity contribution in [2.75, 3.05) is 36.9 Å². The zero-order valence-electron chi connectivity index (χ0n) is 10.9. The molecular formula is C13H18N2O3S. The molecule has 1 saturated heterocycles. The molecule has 1 fully saturated rings. The Morgan fingerprint density at radius 3 is 2.74 bits per heavy atom. The number of nitrogen functional groups attached to an aromatic ring is 1. The van der Waals surface area contributed by atoms with Crippen molar-refractivity contribution in [1.82, 2.24) is 4.90 Å². The molecule has 5 nitrogen and oxygen atoms in total. The fourth-order valence-electron chi connectivity index (χ4n) is 2.05. The highest BCUT2D eigenvalue weighted by molar-refractivity contribution is 7.85. The lowest BCUT2D eigenvalue weighted by Crippen LogP contribution is -2.42. The van der Waals surface area contributed by atoms with Gasteiger partial charge in [-0.2, -0.15) is 0 Å². The van der Waals surface area contributed by atoms with Crippen molar-refractivity contribution in [3.8, 4) is 5.75 Å². The minimum absolute atomic E-state index is 0.141. The van der Waals surface area contributed by atoms with Crippen LogP contribution in [0.4, 0.5) is 5.69 Å². The zero-order chi connectivity index (χ0) is 13.8. The molecule has 0 spiro atoms. The van der Waals surface area contributed by atoms with Crippen molar-refractivity contribution in [3.63, 3.8) is 0 Å². The first-order valence-corrected chi connectivity index (χ1v) is 7.77. The van der Waals surface area contributed by atoms with Gasteiger partial charge in [0.25, 0.3) is 5.91 Å². The third-order valence-corrected chi connectivity index (χ3v) is 4.31. The molecule has 0 radical (unpaired) electrons. The molecule has 0 saturated carbocycles. The first-order chi connectivity index (χ1) is 9.13. The van der Waals surface area contributed by atoms with Crippen molar-refractivity contribution in [3.05, 3.63) is 23.8 Å². The molecule has 0 atom stereocenters. The van der Waals surface area contributed by atoms with Gasteiger partial charge in [-0.05, 0) is 19.1 Å². The number of ether oxygens (including phenoxy) is 1. The summed E-state index contributed by atoms with van der Waals surface area (Å²) in [5, 5.41) is 0. The number of carbonyl (C=O) groups excluding carboxylic acids is 1. The quantitative estimate of drug-likeness (QED) is 0.835. The first kappa shape index (κ1) is 13.9. The van der Waals surface area contributed by atoms with E-state index >= 15 is 0 Å². The number of rotatable bonds is 3. The predicted octanol–water partition coefficient (Wildman–Crippen LogP) is 0.872. The maximum atomic E-state index is 12.5. The van der Waals surface area contributed by atoms with Crippen molar-refractivity contribution in [2.45, 2.75) is 6.92 Å². The molecule has 0 aromatic heterocycles. The summed E-state index contributed by atoms with van der Waals surface area (Å²) in [7, 11) is -0.804. The smallest absolute Gasteiger partial charge is 0.259 e. The number of amides is 1. The molecule has 0 aliphatic carbocycles. The fourth-order valence-corrected chi connectivity index (χ4v) is 3.10. The molecule has 19 heavy (non-hydrogen) atoms. The van der Waals surface area contributed by atoms with Gasteiger partial charge in [0.2, 0.25) is 0 Å². The number of hydrogen-bond acceptors (Lipinski definition) is 4. The Morgan fingerprint density at radius 2 is 2.11 bits per heavy atom. The molecule has 1 aliphatic rings. The second-order valence-corrected chi connectivity index (χ2v) is 5.99. The van der Waals surface area contributed by atoms with Gasteiger partial charge < -0.3 is 15.4 Å². The average molecular weight is 282 g/mol. The SMILES string of the molecule is CCOc1cccc(N)c1C(=O)N1CCS(=O)CC1. The number of anilines is 1. The van der Waals surface area contributed by atoms with Crippen LogP contribution >= 0.6 is 0 Å². The lowest BCUT2D eigenvalue weighted by molar-refractivity contribution is 0.0768. The molecule has 1 aliphatic heterocycles. The number of benzene rings is 1. The maximum Gasteiger partial charge on any atom is 0.259 e. The Labute approximate surface area is 115 Å². The molecule has 0 unspecified atom stereocenters. The van der Waals surface area contributed by atoms with E-state index in [9.17, 15) is 9.00 Å². The molecule has 6 heteroatoms. The highest BCUT2D eigenvalue weighted by atomic mass is 32.2. The van der Waals surface area contributed by atoms with Gasteiger partial charge in [0.05, 0.1) is 6.61 Å². The second-order valence-electron chi connectivity index (χ2n) is 4.29. The molecule has 1 amide bonds. The molecule has 104 valence electrons. The molecule has 1 heterocycles. The van der Waals surface area contributed by atoms with Crippen molar-refractivity contribution >= 4 is 22.4 Å². The van der Waals surface area contributed by atoms with Gasteiger partial charge >= 0.3 is 0 Å². The molecule has 1 aromatic carbocycles. The summed E-state index contributed by atoms with van der Waals surface area (Å²) in [4.78, 5) is 14.2. The number of carbonyl (C=O) groups is 1. The standard InChI is InChI=1S/C13H18N2O3S/c1-2-18-11-5-3-4-10(14)12(11)13(16)15-6-8-19(17)9-7-15/h3-5H,2,6-9,14H2,1H3. The summed E-state index contributed by atoms with van der Waals surface area (Å²) in [6.07, 6.45) is 0. The monoisotopic (exact) mass is 282 g/mol. The molecule has 2 rings (SSSR count). The third kappa shape index (κ3) is 3.07. The van der Waals surface area contributed by atoms with E-state index in [0.29, 0.717) is 48.2 Å². The van der Waals surface area contributed by atoms with Crippen LogP contribution in [-0.2, 0) is 10.8 Å². The van der Waals surface area contributed by atoms with Crippen LogP contribution in [0.15, 0.2) is 18.2 Å². The molecular weight excluding hydrogens is 264 g/mol. The van der Waals surface area contributed by atoms with Crippen LogP contribution in [-0.4, -0.2) is 46.2 Å². The number of hydrogen-bond donors (Lipinski definition) is 1. The second kappa shape index (κ2) is 6.06. The van der Waals surface area contributed by atoms with Crippen LogP contribution < -0.4 is 10.5 Å². The minimum Gasteiger partial charge on any atom is -0.493 e. The normalized spacial score (nSPS) is 16.4. The summed E-state index contributed by atoms with van der Waals surface area (Å²) in [6, 6.07) is 5.20. The van der Waals surface area contributed by atoms with Crippen molar-refractivity contribution in [2.24, 2.45) is 0 Å². The van der Waals surface area contributed by atoms with Crippen LogP contribution in [0.5, 0.6) is 5.75 Å². The van der Waals surface area contributed by atoms with Crippen LogP contribution in [0.1, 0.15) is 17.3 Å². The van der Waals surface area contributed by atoms with Gasteiger partial charge in [-0.25, -0.2) is 0 Å². The third-order valence-electron chi connectivity index (χ3n) is 3.04. The summed E-state index contributed by atoms with van der Waals surface area (Å²) < 4.78 is 16.8. The van der Waals surface area contributed by atoms with Gasteiger partial charge in [0.1, 0.15) is 11.3 Å². The Balaban J connectivity index is 2.25. The molecule has 2 N–H and O–H groups in total. The summed E-state index contributed by atoms with van der Waals surface area (Å²) in [6.45, 7) is 3.35. The maximum absolute atomic E-state index is 12.5. The van der Waals surface area contributed by atoms with Crippen LogP contribution in [0.3, 0.4) is 0 Å². The van der Waals surface area contributed by atoms with E-state index in [1.54, 1.807) is 23.1 Å². The summed E-state index contributed by atoms with van der Waals surface area (Å²) in [5.74, 6) is 1.43. The van der Waals surface area contributed by atoms with Crippen molar-refractivity contribution in [1.29, 1.82) is 0 Å². The van der Waals surface area contributed by atoms with E-state index in [1.807, 2.05) is 6.92 Å². The summed E-state index contributed by atoms with van der Waals surface area (Å²) in [5.41, 5.74) is 6.73. The Kier molecular flexibility index (Phi) is 4.42. The Bertz CT molecular complexity index is 495. The lowest BCUT2D eigenvalue weighted by atomic mass is 10.1. The zero-order valence-corrected chi connectivity index (χ0v) is 11.7. The largest absolute Gasteiger partial charge is 0.493 e. The molecule has 1 aromatic rings. The van der Waals surface area contributed by atoms with Crippen LogP contribution in [0.2, 0.25) is 0 Å². The predicted molar refractivity (Wildman–Crippen MR) is 75.8 cm³/mol. The van der Waals surface area contributed by atoms with Gasteiger partial charge in [0, 0.05) is 41.1 Å². The van der Waals surface area contributed by atoms with Crippen molar-refractivity contribution < 1.29 is 13.7 Å². The van der Waals surface area contributed by atoms with Gasteiger partial charge in [-0.1, -0.05) is 6.07 Å². The average Bonchev–Trinajstić information content (AvgIpc) is 2.39. The topological polar surface area (TPSA) is 72.6 Å². The first-order valence-electron chi connectivity index (χ1n) is 6.29. The van der Waals surface area contributed by atoms with Gasteiger partial charge in [-0.15, -0.1) is 0 Å². The number of nitrogens with zero attached hydrogens (tertiary/aromatic N) is 1. The highest BCUT2D eigenvalue weighted by Crippen LogP contribution is 2.26. The Morgan fingerprint density at radius 1 is 1.42 bits per heavy atom. The summed E-state index contributed by atoms with van der Waals surface area (Å²) >= 11 is 0. The Hall–Kier alpha value is -1.56. The van der Waals surface area contributed by atoms with Gasteiger partial charge in [-0.3, -0.25) is 9.00 Å². The van der Waals surface area contributed by atoms with E-state index in [1.165, 1.54) is 0 Å². The minimum atomic E-state index is -0.804. The van der Waals surface area contributed by atoms with E-state index < -0.39 is 10.8 Å². The fraction of sp³-hybridized carbons (Fsp3) is 0.462.